The van der Waals surface area contributed by atoms with Gasteiger partial charge in [-0.25, -0.2) is 4.98 Å². The van der Waals surface area contributed by atoms with Crippen LogP contribution >= 0.6 is 11.6 Å². The van der Waals surface area contributed by atoms with Crippen molar-refractivity contribution in [3.05, 3.63) is 41.4 Å². The molecule has 0 bridgehead atoms. The first kappa shape index (κ1) is 19.9. The molecule has 146 valence electrons. The number of aromatic nitrogens is 1. The zero-order valence-electron chi connectivity index (χ0n) is 15.9. The van der Waals surface area contributed by atoms with Crippen LogP contribution in [0.2, 0.25) is 5.02 Å². The summed E-state index contributed by atoms with van der Waals surface area (Å²) < 4.78 is 5.73. The minimum Gasteiger partial charge on any atom is -0.441 e. The zero-order valence-corrected chi connectivity index (χ0v) is 16.7. The standard InChI is InChI=1S/C21H28ClN3O2/c1-16-9-13-25(14-10-16)12-4-11-23-20(26)7-8-21-24-15-19(27-21)17-5-2-3-6-18(17)22/h2-3,5-6,15-16H,4,7-14H2,1H3,(H,23,26). The average molecular weight is 390 g/mol. The smallest absolute Gasteiger partial charge is 0.220 e. The molecular formula is C21H28ClN3O2. The van der Waals surface area contributed by atoms with Crippen molar-refractivity contribution in [2.24, 2.45) is 5.92 Å². The summed E-state index contributed by atoms with van der Waals surface area (Å²) in [5.41, 5.74) is 0.814. The van der Waals surface area contributed by atoms with Crippen molar-refractivity contribution >= 4 is 17.5 Å². The molecule has 0 unspecified atom stereocenters. The van der Waals surface area contributed by atoms with Crippen molar-refractivity contribution in [3.63, 3.8) is 0 Å². The van der Waals surface area contributed by atoms with E-state index in [4.69, 9.17) is 16.0 Å². The topological polar surface area (TPSA) is 58.4 Å². The zero-order chi connectivity index (χ0) is 19.1. The lowest BCUT2D eigenvalue weighted by Gasteiger charge is -2.30. The first-order valence-corrected chi connectivity index (χ1v) is 10.2. The number of likely N-dealkylation sites (tertiary alicyclic amines) is 1. The lowest BCUT2D eigenvalue weighted by atomic mass is 9.99. The summed E-state index contributed by atoms with van der Waals surface area (Å²) in [5, 5.41) is 3.62. The number of carbonyl (C=O) groups is 1. The van der Waals surface area contributed by atoms with Gasteiger partial charge in [-0.1, -0.05) is 30.7 Å². The molecule has 1 aliphatic rings. The van der Waals surface area contributed by atoms with Crippen LogP contribution in [0.4, 0.5) is 0 Å². The number of aryl methyl sites for hydroxylation is 1. The third-order valence-corrected chi connectivity index (χ3v) is 5.44. The Morgan fingerprint density at radius 1 is 1.33 bits per heavy atom. The van der Waals surface area contributed by atoms with Crippen LogP contribution in [-0.4, -0.2) is 42.0 Å². The van der Waals surface area contributed by atoms with Gasteiger partial charge in [-0.15, -0.1) is 0 Å². The molecule has 1 aromatic heterocycles. The first-order valence-electron chi connectivity index (χ1n) is 9.80. The van der Waals surface area contributed by atoms with E-state index in [9.17, 15) is 4.79 Å². The predicted molar refractivity (Wildman–Crippen MR) is 108 cm³/mol. The molecule has 1 amide bonds. The molecule has 3 rings (SSSR count). The van der Waals surface area contributed by atoms with Crippen LogP contribution in [0.25, 0.3) is 11.3 Å². The molecule has 1 saturated heterocycles. The van der Waals surface area contributed by atoms with Crippen LogP contribution in [0.1, 0.15) is 38.5 Å². The number of nitrogens with one attached hydrogen (secondary N) is 1. The summed E-state index contributed by atoms with van der Waals surface area (Å²) in [6, 6.07) is 7.49. The molecule has 1 fully saturated rings. The van der Waals surface area contributed by atoms with Crippen LogP contribution < -0.4 is 5.32 Å². The van der Waals surface area contributed by atoms with Gasteiger partial charge in [0, 0.05) is 24.9 Å². The molecule has 0 spiro atoms. The highest BCUT2D eigenvalue weighted by Crippen LogP contribution is 2.28. The fourth-order valence-electron chi connectivity index (χ4n) is 3.34. The molecule has 0 radical (unpaired) electrons. The van der Waals surface area contributed by atoms with E-state index in [1.54, 1.807) is 6.20 Å². The van der Waals surface area contributed by atoms with Crippen LogP contribution in [0, 0.1) is 5.92 Å². The molecular weight excluding hydrogens is 362 g/mol. The molecule has 2 heterocycles. The van der Waals surface area contributed by atoms with Crippen molar-refractivity contribution in [1.29, 1.82) is 0 Å². The van der Waals surface area contributed by atoms with Crippen molar-refractivity contribution in [2.45, 2.75) is 39.0 Å². The van der Waals surface area contributed by atoms with E-state index < -0.39 is 0 Å². The van der Waals surface area contributed by atoms with E-state index in [2.05, 4.69) is 22.1 Å². The minimum atomic E-state index is 0.0414. The molecule has 6 heteroatoms. The second-order valence-corrected chi connectivity index (χ2v) is 7.73. The van der Waals surface area contributed by atoms with Gasteiger partial charge in [0.25, 0.3) is 0 Å². The third kappa shape index (κ3) is 6.08. The maximum absolute atomic E-state index is 12.0. The van der Waals surface area contributed by atoms with E-state index in [1.165, 1.54) is 25.9 Å². The Morgan fingerprint density at radius 3 is 2.89 bits per heavy atom. The van der Waals surface area contributed by atoms with Gasteiger partial charge in [-0.05, 0) is 56.9 Å². The molecule has 0 aliphatic carbocycles. The van der Waals surface area contributed by atoms with Crippen LogP contribution in [0.3, 0.4) is 0 Å². The number of piperidine rings is 1. The highest BCUT2D eigenvalue weighted by molar-refractivity contribution is 6.33. The minimum absolute atomic E-state index is 0.0414. The molecule has 0 saturated carbocycles. The fraction of sp³-hybridized carbons (Fsp3) is 0.524. The highest BCUT2D eigenvalue weighted by atomic mass is 35.5. The van der Waals surface area contributed by atoms with Gasteiger partial charge in [-0.3, -0.25) is 4.79 Å². The quantitative estimate of drug-likeness (QED) is 0.688. The van der Waals surface area contributed by atoms with Crippen molar-refractivity contribution in [1.82, 2.24) is 15.2 Å². The number of nitrogens with zero attached hydrogens (tertiary/aromatic N) is 2. The number of halogens is 1. The van der Waals surface area contributed by atoms with E-state index in [0.29, 0.717) is 29.5 Å². The van der Waals surface area contributed by atoms with Gasteiger partial charge in [-0.2, -0.15) is 0 Å². The van der Waals surface area contributed by atoms with E-state index in [-0.39, 0.29) is 5.91 Å². The third-order valence-electron chi connectivity index (χ3n) is 5.11. The normalized spacial score (nSPS) is 15.8. The van der Waals surface area contributed by atoms with Gasteiger partial charge < -0.3 is 14.6 Å². The number of amides is 1. The molecule has 1 aliphatic heterocycles. The first-order chi connectivity index (χ1) is 13.1. The molecule has 1 aromatic carbocycles. The second-order valence-electron chi connectivity index (χ2n) is 7.33. The lowest BCUT2D eigenvalue weighted by Crippen LogP contribution is -2.35. The highest BCUT2D eigenvalue weighted by Gasteiger charge is 2.15. The van der Waals surface area contributed by atoms with Gasteiger partial charge in [0.15, 0.2) is 11.7 Å². The van der Waals surface area contributed by atoms with E-state index in [0.717, 1.165) is 31.0 Å². The van der Waals surface area contributed by atoms with Crippen LogP contribution in [-0.2, 0) is 11.2 Å². The summed E-state index contributed by atoms with van der Waals surface area (Å²) in [4.78, 5) is 18.8. The lowest BCUT2D eigenvalue weighted by molar-refractivity contribution is -0.121. The molecule has 27 heavy (non-hydrogen) atoms. The summed E-state index contributed by atoms with van der Waals surface area (Å²) >= 11 is 6.17. The Bertz CT molecular complexity index is 739. The number of rotatable bonds is 8. The summed E-state index contributed by atoms with van der Waals surface area (Å²) in [6.45, 7) is 6.48. The van der Waals surface area contributed by atoms with Crippen LogP contribution in [0.15, 0.2) is 34.9 Å². The van der Waals surface area contributed by atoms with Gasteiger partial charge in [0.05, 0.1) is 11.2 Å². The Labute approximate surface area is 166 Å². The Morgan fingerprint density at radius 2 is 2.11 bits per heavy atom. The average Bonchev–Trinajstić information content (AvgIpc) is 3.14. The maximum Gasteiger partial charge on any atom is 0.220 e. The summed E-state index contributed by atoms with van der Waals surface area (Å²) in [6.07, 6.45) is 6.10. The number of hydrogen-bond acceptors (Lipinski definition) is 4. The van der Waals surface area contributed by atoms with E-state index >= 15 is 0 Å². The molecule has 0 atom stereocenters. The number of oxazole rings is 1. The molecule has 1 N–H and O–H groups in total. The number of hydrogen-bond donors (Lipinski definition) is 1. The van der Waals surface area contributed by atoms with E-state index in [1.807, 2.05) is 24.3 Å². The molecule has 2 aromatic rings. The Kier molecular flexibility index (Phi) is 7.30. The largest absolute Gasteiger partial charge is 0.441 e. The molecule has 5 nitrogen and oxygen atoms in total. The fourth-order valence-corrected chi connectivity index (χ4v) is 3.57. The Balaban J connectivity index is 1.34. The van der Waals surface area contributed by atoms with Gasteiger partial charge in [0.1, 0.15) is 0 Å². The monoisotopic (exact) mass is 389 g/mol. The number of benzene rings is 1. The van der Waals surface area contributed by atoms with Crippen molar-refractivity contribution in [3.8, 4) is 11.3 Å². The SMILES string of the molecule is CC1CCN(CCCNC(=O)CCc2ncc(-c3ccccc3Cl)o2)CC1. The Hall–Kier alpha value is -1.85. The predicted octanol–water partition coefficient (Wildman–Crippen LogP) is 4.17. The summed E-state index contributed by atoms with van der Waals surface area (Å²) in [7, 11) is 0. The summed E-state index contributed by atoms with van der Waals surface area (Å²) in [5.74, 6) is 2.09. The number of carbonyl (C=O) groups excluding carboxylic acids is 1. The van der Waals surface area contributed by atoms with Gasteiger partial charge >= 0.3 is 0 Å². The maximum atomic E-state index is 12.0. The van der Waals surface area contributed by atoms with Gasteiger partial charge in [0.2, 0.25) is 5.91 Å². The van der Waals surface area contributed by atoms with Crippen molar-refractivity contribution < 1.29 is 9.21 Å². The van der Waals surface area contributed by atoms with Crippen LogP contribution in [0.5, 0.6) is 0 Å². The van der Waals surface area contributed by atoms with Crippen molar-refractivity contribution in [2.75, 3.05) is 26.2 Å². The second kappa shape index (κ2) is 9.90.